The molecule has 0 aliphatic carbocycles. The van der Waals surface area contributed by atoms with Crippen LogP contribution in [-0.4, -0.2) is 50.0 Å². The maximum absolute atomic E-state index is 14.4. The van der Waals surface area contributed by atoms with Crippen molar-refractivity contribution in [2.75, 3.05) is 37.5 Å². The van der Waals surface area contributed by atoms with Crippen molar-refractivity contribution in [1.29, 1.82) is 0 Å². The fraction of sp³-hybridized carbons (Fsp3) is 0.310. The number of halogens is 2. The molecule has 8 nitrogen and oxygen atoms in total. The zero-order chi connectivity index (χ0) is 28.5. The number of anilines is 2. The molecule has 1 aliphatic heterocycles. The highest BCUT2D eigenvalue weighted by Gasteiger charge is 2.52. The second-order valence-electron chi connectivity index (χ2n) is 9.82. The number of methoxy groups -OCH3 is 1. The van der Waals surface area contributed by atoms with Gasteiger partial charge in [0, 0.05) is 20.1 Å². The summed E-state index contributed by atoms with van der Waals surface area (Å²) in [6.07, 6.45) is 0. The van der Waals surface area contributed by atoms with Crippen molar-refractivity contribution < 1.29 is 23.5 Å². The maximum atomic E-state index is 14.4. The minimum Gasteiger partial charge on any atom is -0.465 e. The minimum absolute atomic E-state index is 0.0255. The number of rotatable bonds is 7. The van der Waals surface area contributed by atoms with Crippen molar-refractivity contribution in [3.63, 3.8) is 0 Å². The first-order valence-electron chi connectivity index (χ1n) is 12.4. The molecule has 204 valence electrons. The molecule has 0 radical (unpaired) electrons. The Labute approximate surface area is 231 Å². The smallest absolute Gasteiger partial charge is 0.339 e. The molecule has 0 spiro atoms. The summed E-state index contributed by atoms with van der Waals surface area (Å²) in [6, 6.07) is 13.3. The first-order chi connectivity index (χ1) is 18.5. The minimum atomic E-state index is -1.02. The molecule has 2 heterocycles. The van der Waals surface area contributed by atoms with Gasteiger partial charge in [-0.2, -0.15) is 0 Å². The van der Waals surface area contributed by atoms with E-state index in [-0.39, 0.29) is 41.2 Å². The second kappa shape index (κ2) is 11.0. The van der Waals surface area contributed by atoms with Crippen molar-refractivity contribution in [3.05, 3.63) is 87.3 Å². The monoisotopic (exact) mass is 552 g/mol. The molecule has 4 rings (SSSR count). The summed E-state index contributed by atoms with van der Waals surface area (Å²) in [5.74, 6) is -1.39. The van der Waals surface area contributed by atoms with Crippen molar-refractivity contribution in [3.8, 4) is 0 Å². The van der Waals surface area contributed by atoms with Crippen molar-refractivity contribution in [2.24, 2.45) is 0 Å². The Morgan fingerprint density at radius 3 is 2.41 bits per heavy atom. The summed E-state index contributed by atoms with van der Waals surface area (Å²) >= 11 is 5.93. The van der Waals surface area contributed by atoms with Crippen LogP contribution in [0.25, 0.3) is 0 Å². The van der Waals surface area contributed by atoms with E-state index in [1.54, 1.807) is 19.1 Å². The molecule has 1 aromatic heterocycles. The van der Waals surface area contributed by atoms with Crippen LogP contribution in [0.3, 0.4) is 0 Å². The lowest BCUT2D eigenvalue weighted by Gasteiger charge is -2.50. The number of aryl methyl sites for hydroxylation is 1. The Hall–Kier alpha value is -3.98. The van der Waals surface area contributed by atoms with Crippen LogP contribution in [0.2, 0.25) is 5.02 Å². The van der Waals surface area contributed by atoms with Gasteiger partial charge in [-0.25, -0.2) is 14.2 Å². The molecule has 2 amide bonds. The third kappa shape index (κ3) is 5.18. The molecule has 2 N–H and O–H groups in total. The summed E-state index contributed by atoms with van der Waals surface area (Å²) in [7, 11) is 2.75. The van der Waals surface area contributed by atoms with Gasteiger partial charge >= 0.3 is 5.97 Å². The van der Waals surface area contributed by atoms with Gasteiger partial charge in [0.15, 0.2) is 0 Å². The predicted molar refractivity (Wildman–Crippen MR) is 148 cm³/mol. The lowest BCUT2D eigenvalue weighted by molar-refractivity contribution is -0.122. The molecular weight excluding hydrogens is 523 g/mol. The highest BCUT2D eigenvalue weighted by atomic mass is 35.5. The number of esters is 1. The average molecular weight is 553 g/mol. The van der Waals surface area contributed by atoms with Crippen LogP contribution in [0.4, 0.5) is 15.9 Å². The first-order valence-corrected chi connectivity index (χ1v) is 12.8. The number of hydrogen-bond acceptors (Lipinski definition) is 6. The number of nitrogens with zero attached hydrogens (tertiary/aromatic N) is 2. The third-order valence-corrected chi connectivity index (χ3v) is 7.32. The molecule has 3 aromatic rings. The quantitative estimate of drug-likeness (QED) is 0.406. The Morgan fingerprint density at radius 2 is 1.79 bits per heavy atom. The Bertz CT molecular complexity index is 1450. The highest BCUT2D eigenvalue weighted by molar-refractivity contribution is 6.31. The van der Waals surface area contributed by atoms with Gasteiger partial charge < -0.3 is 20.3 Å². The normalized spacial score (nSPS) is 14.0. The number of carbonyl (C=O) groups excluding carboxylic acids is 3. The zero-order valence-electron chi connectivity index (χ0n) is 22.4. The van der Waals surface area contributed by atoms with Gasteiger partial charge in [0.1, 0.15) is 17.1 Å². The average Bonchev–Trinajstić information content (AvgIpc) is 2.89. The topological polar surface area (TPSA) is 101 Å². The van der Waals surface area contributed by atoms with Crippen LogP contribution in [0.5, 0.6) is 0 Å². The van der Waals surface area contributed by atoms with E-state index < -0.39 is 23.1 Å². The number of hydrogen-bond donors (Lipinski definition) is 2. The van der Waals surface area contributed by atoms with Crippen LogP contribution >= 0.6 is 11.6 Å². The predicted octanol–water partition coefficient (Wildman–Crippen LogP) is 4.85. The fourth-order valence-corrected chi connectivity index (χ4v) is 5.07. The van der Waals surface area contributed by atoms with E-state index in [0.717, 1.165) is 17.2 Å². The van der Waals surface area contributed by atoms with Crippen LogP contribution in [0.15, 0.2) is 48.5 Å². The molecule has 10 heteroatoms. The summed E-state index contributed by atoms with van der Waals surface area (Å²) in [5, 5.41) is 5.08. The standard InChI is InChI=1S/C29H30ClFN4O4/c1-16(2)18-8-6-7-9-21(18)29(14-35(15-29)25-11-10-19(17(3)33-25)27(37)39-5)28(38)34-24-13-23(31)22(30)12-20(24)26(36)32-4/h6-13,16H,14-15H2,1-5H3,(H,32,36)(H,34,38). The molecule has 1 saturated heterocycles. The van der Waals surface area contributed by atoms with Crippen LogP contribution in [0, 0.1) is 12.7 Å². The van der Waals surface area contributed by atoms with Crippen LogP contribution < -0.4 is 15.5 Å². The molecular formula is C29H30ClFN4O4. The fourth-order valence-electron chi connectivity index (χ4n) is 4.90. The lowest BCUT2D eigenvalue weighted by Crippen LogP contribution is -2.66. The van der Waals surface area contributed by atoms with Crippen molar-refractivity contribution in [2.45, 2.75) is 32.1 Å². The second-order valence-corrected chi connectivity index (χ2v) is 10.2. The van der Waals surface area contributed by atoms with Gasteiger partial charge in [-0.05, 0) is 48.2 Å². The molecule has 0 bridgehead atoms. The first kappa shape index (κ1) is 28.0. The van der Waals surface area contributed by atoms with E-state index in [0.29, 0.717) is 17.1 Å². The van der Waals surface area contributed by atoms with E-state index in [1.807, 2.05) is 29.2 Å². The number of nitrogens with one attached hydrogen (secondary N) is 2. The number of carbonyl (C=O) groups is 3. The van der Waals surface area contributed by atoms with E-state index in [9.17, 15) is 18.8 Å². The Balaban J connectivity index is 1.74. The molecule has 2 aromatic carbocycles. The third-order valence-electron chi connectivity index (χ3n) is 7.04. The summed E-state index contributed by atoms with van der Waals surface area (Å²) in [6.45, 7) is 6.38. The molecule has 0 unspecified atom stereocenters. The molecule has 1 fully saturated rings. The largest absolute Gasteiger partial charge is 0.465 e. The number of amides is 2. The maximum Gasteiger partial charge on any atom is 0.339 e. The Kier molecular flexibility index (Phi) is 7.92. The Morgan fingerprint density at radius 1 is 1.10 bits per heavy atom. The van der Waals surface area contributed by atoms with Crippen molar-refractivity contribution in [1.82, 2.24) is 10.3 Å². The van der Waals surface area contributed by atoms with Gasteiger partial charge in [0.2, 0.25) is 5.91 Å². The SMILES string of the molecule is CNC(=O)c1cc(Cl)c(F)cc1NC(=O)C1(c2ccccc2C(C)C)CN(c2ccc(C(=O)OC)c(C)n2)C1. The van der Waals surface area contributed by atoms with E-state index >= 15 is 0 Å². The number of ether oxygens (including phenoxy) is 1. The van der Waals surface area contributed by atoms with Crippen LogP contribution in [0.1, 0.15) is 57.3 Å². The summed E-state index contributed by atoms with van der Waals surface area (Å²) in [4.78, 5) is 45.1. The van der Waals surface area contributed by atoms with E-state index in [4.69, 9.17) is 16.3 Å². The zero-order valence-corrected chi connectivity index (χ0v) is 23.1. The molecule has 0 saturated carbocycles. The lowest BCUT2D eigenvalue weighted by atomic mass is 9.69. The number of aromatic nitrogens is 1. The van der Waals surface area contributed by atoms with Crippen molar-refractivity contribution >= 4 is 40.9 Å². The van der Waals surface area contributed by atoms with Gasteiger partial charge in [-0.1, -0.05) is 49.7 Å². The number of benzene rings is 2. The molecule has 0 atom stereocenters. The van der Waals surface area contributed by atoms with Gasteiger partial charge in [-0.3, -0.25) is 9.59 Å². The summed E-state index contributed by atoms with van der Waals surface area (Å²) in [5.41, 5.74) is 1.78. The summed E-state index contributed by atoms with van der Waals surface area (Å²) < 4.78 is 19.2. The van der Waals surface area contributed by atoms with Gasteiger partial charge in [0.25, 0.3) is 5.91 Å². The number of pyridine rings is 1. The molecule has 1 aliphatic rings. The van der Waals surface area contributed by atoms with E-state index in [2.05, 4.69) is 29.5 Å². The van der Waals surface area contributed by atoms with Gasteiger partial charge in [0.05, 0.1) is 34.6 Å². The van der Waals surface area contributed by atoms with E-state index in [1.165, 1.54) is 20.2 Å². The van der Waals surface area contributed by atoms with Crippen LogP contribution in [-0.2, 0) is 14.9 Å². The van der Waals surface area contributed by atoms with Gasteiger partial charge in [-0.15, -0.1) is 0 Å². The highest BCUT2D eigenvalue weighted by Crippen LogP contribution is 2.42. The molecule has 39 heavy (non-hydrogen) atoms.